The number of benzene rings is 1. The molecule has 0 heterocycles. The second-order valence-electron chi connectivity index (χ2n) is 5.80. The summed E-state index contributed by atoms with van der Waals surface area (Å²) in [6, 6.07) is 4.11. The summed E-state index contributed by atoms with van der Waals surface area (Å²) < 4.78 is 13.7. The lowest BCUT2D eigenvalue weighted by molar-refractivity contribution is 0.0920. The van der Waals surface area contributed by atoms with Gasteiger partial charge in [-0.1, -0.05) is 13.8 Å². The Morgan fingerprint density at radius 1 is 1.40 bits per heavy atom. The van der Waals surface area contributed by atoms with Gasteiger partial charge in [0.15, 0.2) is 0 Å². The molecule has 5 heteroatoms. The summed E-state index contributed by atoms with van der Waals surface area (Å²) in [6.45, 7) is 4.91. The van der Waals surface area contributed by atoms with Crippen LogP contribution in [0.5, 0.6) is 0 Å². The quantitative estimate of drug-likeness (QED) is 0.785. The zero-order valence-corrected chi connectivity index (χ0v) is 12.6. The van der Waals surface area contributed by atoms with Crippen molar-refractivity contribution in [2.75, 3.05) is 26.4 Å². The van der Waals surface area contributed by atoms with E-state index in [1.807, 2.05) is 19.0 Å². The van der Waals surface area contributed by atoms with Crippen molar-refractivity contribution < 1.29 is 9.18 Å². The summed E-state index contributed by atoms with van der Waals surface area (Å²) in [5.74, 6) is -0.526. The van der Waals surface area contributed by atoms with Gasteiger partial charge in [-0.05, 0) is 44.6 Å². The molecular weight excluding hydrogens is 257 g/mol. The SMILES string of the molecule is CC(C)CC(CN(C)C)NC(=O)c1ccc(N)cc1F. The van der Waals surface area contributed by atoms with E-state index in [0.717, 1.165) is 19.0 Å². The van der Waals surface area contributed by atoms with Crippen LogP contribution in [0, 0.1) is 11.7 Å². The molecule has 0 spiro atoms. The number of hydrogen-bond donors (Lipinski definition) is 2. The molecule has 0 aliphatic rings. The summed E-state index contributed by atoms with van der Waals surface area (Å²) in [6.07, 6.45) is 0.848. The van der Waals surface area contributed by atoms with E-state index in [1.165, 1.54) is 12.1 Å². The molecular formula is C15H24FN3O. The molecule has 112 valence electrons. The molecule has 0 aliphatic heterocycles. The Labute approximate surface area is 120 Å². The second kappa shape index (κ2) is 7.24. The molecule has 0 bridgehead atoms. The van der Waals surface area contributed by atoms with Gasteiger partial charge in [0.25, 0.3) is 5.91 Å². The molecule has 0 fully saturated rings. The molecule has 1 aromatic rings. The highest BCUT2D eigenvalue weighted by atomic mass is 19.1. The Kier molecular flexibility index (Phi) is 5.95. The Morgan fingerprint density at radius 2 is 2.05 bits per heavy atom. The van der Waals surface area contributed by atoms with Crippen molar-refractivity contribution in [3.05, 3.63) is 29.6 Å². The lowest BCUT2D eigenvalue weighted by atomic mass is 10.0. The van der Waals surface area contributed by atoms with E-state index in [-0.39, 0.29) is 11.6 Å². The maximum atomic E-state index is 13.7. The number of nitrogen functional groups attached to an aromatic ring is 1. The number of halogens is 1. The Bertz CT molecular complexity index is 450. The number of likely N-dealkylation sites (N-methyl/N-ethyl adjacent to an activating group) is 1. The predicted octanol–water partition coefficient (Wildman–Crippen LogP) is 2.11. The van der Waals surface area contributed by atoms with Crippen LogP contribution in [-0.4, -0.2) is 37.5 Å². The van der Waals surface area contributed by atoms with E-state index in [1.54, 1.807) is 0 Å². The van der Waals surface area contributed by atoms with Gasteiger partial charge in [-0.25, -0.2) is 4.39 Å². The van der Waals surface area contributed by atoms with Crippen LogP contribution >= 0.6 is 0 Å². The van der Waals surface area contributed by atoms with Gasteiger partial charge < -0.3 is 16.0 Å². The molecule has 1 unspecified atom stereocenters. The van der Waals surface area contributed by atoms with Crippen molar-refractivity contribution in [1.82, 2.24) is 10.2 Å². The summed E-state index contributed by atoms with van der Waals surface area (Å²) >= 11 is 0. The van der Waals surface area contributed by atoms with Crippen LogP contribution in [0.1, 0.15) is 30.6 Å². The van der Waals surface area contributed by atoms with Crippen molar-refractivity contribution >= 4 is 11.6 Å². The van der Waals surface area contributed by atoms with Crippen molar-refractivity contribution in [3.63, 3.8) is 0 Å². The first kappa shape index (κ1) is 16.4. The highest BCUT2D eigenvalue weighted by molar-refractivity contribution is 5.95. The van der Waals surface area contributed by atoms with Gasteiger partial charge in [0.05, 0.1) is 5.56 Å². The number of anilines is 1. The minimum atomic E-state index is -0.587. The van der Waals surface area contributed by atoms with Gasteiger partial charge >= 0.3 is 0 Å². The number of nitrogens with two attached hydrogens (primary N) is 1. The fraction of sp³-hybridized carbons (Fsp3) is 0.533. The van der Waals surface area contributed by atoms with Crippen LogP contribution in [0.2, 0.25) is 0 Å². The van der Waals surface area contributed by atoms with Crippen LogP contribution in [0.15, 0.2) is 18.2 Å². The molecule has 0 saturated carbocycles. The Balaban J connectivity index is 2.78. The van der Waals surface area contributed by atoms with E-state index < -0.39 is 11.7 Å². The highest BCUT2D eigenvalue weighted by Gasteiger charge is 2.18. The van der Waals surface area contributed by atoms with Gasteiger partial charge in [-0.2, -0.15) is 0 Å². The third-order valence-electron chi connectivity index (χ3n) is 2.91. The summed E-state index contributed by atoms with van der Waals surface area (Å²) in [4.78, 5) is 14.1. The van der Waals surface area contributed by atoms with Crippen molar-refractivity contribution in [2.24, 2.45) is 5.92 Å². The fourth-order valence-corrected chi connectivity index (χ4v) is 2.17. The van der Waals surface area contributed by atoms with Gasteiger partial charge in [-0.3, -0.25) is 4.79 Å². The van der Waals surface area contributed by atoms with Crippen LogP contribution in [0.25, 0.3) is 0 Å². The van der Waals surface area contributed by atoms with Crippen LogP contribution in [0.3, 0.4) is 0 Å². The first-order chi connectivity index (χ1) is 9.29. The largest absolute Gasteiger partial charge is 0.399 e. The average molecular weight is 281 g/mol. The number of rotatable bonds is 6. The number of carbonyl (C=O) groups excluding carboxylic acids is 1. The number of hydrogen-bond acceptors (Lipinski definition) is 3. The van der Waals surface area contributed by atoms with E-state index in [9.17, 15) is 9.18 Å². The molecule has 1 atom stereocenters. The van der Waals surface area contributed by atoms with E-state index >= 15 is 0 Å². The second-order valence-corrected chi connectivity index (χ2v) is 5.80. The molecule has 1 rings (SSSR count). The lowest BCUT2D eigenvalue weighted by Gasteiger charge is -2.24. The smallest absolute Gasteiger partial charge is 0.254 e. The maximum Gasteiger partial charge on any atom is 0.254 e. The molecule has 0 radical (unpaired) electrons. The van der Waals surface area contributed by atoms with Crippen LogP contribution in [-0.2, 0) is 0 Å². The third-order valence-corrected chi connectivity index (χ3v) is 2.91. The topological polar surface area (TPSA) is 58.4 Å². The molecule has 20 heavy (non-hydrogen) atoms. The number of nitrogens with one attached hydrogen (secondary N) is 1. The van der Waals surface area contributed by atoms with Gasteiger partial charge in [0.2, 0.25) is 0 Å². The van der Waals surface area contributed by atoms with Crippen LogP contribution < -0.4 is 11.1 Å². The minimum Gasteiger partial charge on any atom is -0.399 e. The molecule has 0 aliphatic carbocycles. The van der Waals surface area contributed by atoms with E-state index in [4.69, 9.17) is 5.73 Å². The average Bonchev–Trinajstić information content (AvgIpc) is 2.26. The number of nitrogens with zero attached hydrogens (tertiary/aromatic N) is 1. The minimum absolute atomic E-state index is 0.00514. The summed E-state index contributed by atoms with van der Waals surface area (Å²) in [5, 5.41) is 2.89. The summed E-state index contributed by atoms with van der Waals surface area (Å²) in [7, 11) is 3.90. The molecule has 0 aromatic heterocycles. The van der Waals surface area contributed by atoms with Gasteiger partial charge in [0.1, 0.15) is 5.82 Å². The van der Waals surface area contributed by atoms with Crippen molar-refractivity contribution in [3.8, 4) is 0 Å². The van der Waals surface area contributed by atoms with Crippen LogP contribution in [0.4, 0.5) is 10.1 Å². The first-order valence-corrected chi connectivity index (χ1v) is 6.80. The standard InChI is InChI=1S/C15H24FN3O/c1-10(2)7-12(9-19(3)4)18-15(20)13-6-5-11(17)8-14(13)16/h5-6,8,10,12H,7,9,17H2,1-4H3,(H,18,20). The van der Waals surface area contributed by atoms with E-state index in [2.05, 4.69) is 19.2 Å². The molecule has 3 N–H and O–H groups in total. The predicted molar refractivity (Wildman–Crippen MR) is 80.1 cm³/mol. The molecule has 4 nitrogen and oxygen atoms in total. The zero-order chi connectivity index (χ0) is 15.3. The van der Waals surface area contributed by atoms with E-state index in [0.29, 0.717) is 11.6 Å². The Morgan fingerprint density at radius 3 is 2.55 bits per heavy atom. The maximum absolute atomic E-state index is 13.7. The molecule has 0 saturated heterocycles. The fourth-order valence-electron chi connectivity index (χ4n) is 2.17. The Hall–Kier alpha value is -1.62. The highest BCUT2D eigenvalue weighted by Crippen LogP contribution is 2.13. The number of carbonyl (C=O) groups is 1. The van der Waals surface area contributed by atoms with Crippen molar-refractivity contribution in [2.45, 2.75) is 26.3 Å². The normalized spacial score (nSPS) is 12.8. The van der Waals surface area contributed by atoms with Crippen molar-refractivity contribution in [1.29, 1.82) is 0 Å². The monoisotopic (exact) mass is 281 g/mol. The zero-order valence-electron chi connectivity index (χ0n) is 12.6. The number of amides is 1. The summed E-state index contributed by atoms with van der Waals surface area (Å²) in [5.41, 5.74) is 5.83. The van der Waals surface area contributed by atoms with Gasteiger partial charge in [-0.15, -0.1) is 0 Å². The lowest BCUT2D eigenvalue weighted by Crippen LogP contribution is -2.42. The van der Waals surface area contributed by atoms with Gasteiger partial charge in [0, 0.05) is 18.3 Å². The molecule has 1 amide bonds. The first-order valence-electron chi connectivity index (χ1n) is 6.80. The molecule has 1 aromatic carbocycles. The third kappa shape index (κ3) is 5.17.